The van der Waals surface area contributed by atoms with Crippen molar-refractivity contribution in [3.05, 3.63) is 29.8 Å². The van der Waals surface area contributed by atoms with E-state index in [1.54, 1.807) is 36.0 Å². The molecule has 1 aromatic carbocycles. The number of ether oxygens (including phenoxy) is 1. The highest BCUT2D eigenvalue weighted by Crippen LogP contribution is 2.14. The van der Waals surface area contributed by atoms with Gasteiger partial charge in [0, 0.05) is 17.3 Å². The highest BCUT2D eigenvalue weighted by atomic mass is 35.5. The van der Waals surface area contributed by atoms with Gasteiger partial charge in [0.1, 0.15) is 0 Å². The highest BCUT2D eigenvalue weighted by Gasteiger charge is 2.22. The van der Waals surface area contributed by atoms with Crippen molar-refractivity contribution in [2.24, 2.45) is 0 Å². The van der Waals surface area contributed by atoms with Crippen molar-refractivity contribution in [2.45, 2.75) is 6.04 Å². The molecule has 1 heterocycles. The quantitative estimate of drug-likeness (QED) is 0.828. The number of carbonyl (C=O) groups excluding carboxylic acids is 2. The number of methoxy groups -OCH3 is 1. The summed E-state index contributed by atoms with van der Waals surface area (Å²) in [5.74, 6) is 1.06. The predicted octanol–water partition coefficient (Wildman–Crippen LogP) is 1.50. The lowest BCUT2D eigenvalue weighted by molar-refractivity contribution is -0.117. The number of hydrogen-bond acceptors (Lipinski definition) is 5. The van der Waals surface area contributed by atoms with Crippen molar-refractivity contribution in [3.63, 3.8) is 0 Å². The second-order valence-corrected chi connectivity index (χ2v) is 4.86. The fraction of sp³-hybridized carbons (Fsp3) is 0.333. The average molecular weight is 303 g/mol. The number of hydrogen-bond donors (Lipinski definition) is 2. The summed E-state index contributed by atoms with van der Waals surface area (Å²) in [4.78, 5) is 23.2. The lowest BCUT2D eigenvalue weighted by Crippen LogP contribution is -2.37. The van der Waals surface area contributed by atoms with Crippen molar-refractivity contribution < 1.29 is 14.3 Å². The van der Waals surface area contributed by atoms with E-state index in [9.17, 15) is 9.59 Å². The fourth-order valence-corrected chi connectivity index (χ4v) is 2.58. The SMILES string of the molecule is COC(=O)c1cccc(NC(=O)C2CSCN2)c1.Cl. The van der Waals surface area contributed by atoms with Crippen LogP contribution in [-0.4, -0.2) is 36.7 Å². The van der Waals surface area contributed by atoms with E-state index in [0.717, 1.165) is 11.6 Å². The Balaban J connectivity index is 0.00000180. The summed E-state index contributed by atoms with van der Waals surface area (Å²) in [6, 6.07) is 6.53. The molecular weight excluding hydrogens is 288 g/mol. The van der Waals surface area contributed by atoms with Crippen LogP contribution in [0.3, 0.4) is 0 Å². The summed E-state index contributed by atoms with van der Waals surface area (Å²) in [6.07, 6.45) is 0. The van der Waals surface area contributed by atoms with E-state index in [-0.39, 0.29) is 24.4 Å². The Morgan fingerprint density at radius 2 is 2.26 bits per heavy atom. The lowest BCUT2D eigenvalue weighted by atomic mass is 10.2. The number of nitrogens with one attached hydrogen (secondary N) is 2. The second-order valence-electron chi connectivity index (χ2n) is 3.83. The maximum atomic E-state index is 11.9. The summed E-state index contributed by atoms with van der Waals surface area (Å²) >= 11 is 1.69. The summed E-state index contributed by atoms with van der Waals surface area (Å²) in [5.41, 5.74) is 1.02. The second kappa shape index (κ2) is 7.37. The van der Waals surface area contributed by atoms with Crippen LogP contribution in [0.1, 0.15) is 10.4 Å². The third-order valence-corrected chi connectivity index (χ3v) is 3.52. The molecule has 2 rings (SSSR count). The Labute approximate surface area is 121 Å². The number of thioether (sulfide) groups is 1. The minimum atomic E-state index is -0.416. The summed E-state index contributed by atoms with van der Waals surface area (Å²) in [7, 11) is 1.33. The van der Waals surface area contributed by atoms with Crippen LogP contribution >= 0.6 is 24.2 Å². The first-order valence-corrected chi connectivity index (χ1v) is 6.66. The van der Waals surface area contributed by atoms with E-state index in [2.05, 4.69) is 15.4 Å². The molecule has 19 heavy (non-hydrogen) atoms. The van der Waals surface area contributed by atoms with Crippen LogP contribution in [0.2, 0.25) is 0 Å². The van der Waals surface area contributed by atoms with Crippen molar-refractivity contribution >= 4 is 41.7 Å². The van der Waals surface area contributed by atoms with Gasteiger partial charge in [-0.2, -0.15) is 0 Å². The molecule has 0 bridgehead atoms. The van der Waals surface area contributed by atoms with Gasteiger partial charge in [-0.1, -0.05) is 6.07 Å². The number of benzene rings is 1. The number of rotatable bonds is 3. The molecule has 0 spiro atoms. The van der Waals surface area contributed by atoms with E-state index >= 15 is 0 Å². The van der Waals surface area contributed by atoms with Crippen LogP contribution in [0.15, 0.2) is 24.3 Å². The molecule has 7 heteroatoms. The van der Waals surface area contributed by atoms with Crippen LogP contribution in [-0.2, 0) is 9.53 Å². The molecular formula is C12H15ClN2O3S. The maximum absolute atomic E-state index is 11.9. The molecule has 2 N–H and O–H groups in total. The van der Waals surface area contributed by atoms with Gasteiger partial charge in [-0.15, -0.1) is 24.2 Å². The molecule has 1 aliphatic rings. The number of esters is 1. The lowest BCUT2D eigenvalue weighted by Gasteiger charge is -2.11. The summed E-state index contributed by atoms with van der Waals surface area (Å²) in [6.45, 7) is 0. The van der Waals surface area contributed by atoms with Crippen LogP contribution < -0.4 is 10.6 Å². The highest BCUT2D eigenvalue weighted by molar-refractivity contribution is 7.99. The molecule has 1 amide bonds. The van der Waals surface area contributed by atoms with Gasteiger partial charge in [0.05, 0.1) is 18.7 Å². The first kappa shape index (κ1) is 15.8. The third kappa shape index (κ3) is 4.12. The Morgan fingerprint density at radius 3 is 2.89 bits per heavy atom. The largest absolute Gasteiger partial charge is 0.465 e. The predicted molar refractivity (Wildman–Crippen MR) is 77.9 cm³/mol. The molecule has 1 aromatic rings. The molecule has 1 saturated heterocycles. The fourth-order valence-electron chi connectivity index (χ4n) is 1.63. The standard InChI is InChI=1S/C12H14N2O3S.ClH/c1-17-12(16)8-3-2-4-9(5-8)14-11(15)10-6-18-7-13-10;/h2-5,10,13H,6-7H2,1H3,(H,14,15);1H. The van der Waals surface area contributed by atoms with Gasteiger partial charge < -0.3 is 10.1 Å². The van der Waals surface area contributed by atoms with Gasteiger partial charge in [0.2, 0.25) is 5.91 Å². The van der Waals surface area contributed by atoms with Crippen LogP contribution in [0.5, 0.6) is 0 Å². The topological polar surface area (TPSA) is 67.4 Å². The van der Waals surface area contributed by atoms with Crippen LogP contribution in [0.4, 0.5) is 5.69 Å². The monoisotopic (exact) mass is 302 g/mol. The number of amides is 1. The van der Waals surface area contributed by atoms with Crippen molar-refractivity contribution in [1.82, 2.24) is 5.32 Å². The van der Waals surface area contributed by atoms with Gasteiger partial charge >= 0.3 is 5.97 Å². The maximum Gasteiger partial charge on any atom is 0.337 e. The Hall–Kier alpha value is -1.24. The van der Waals surface area contributed by atoms with Crippen LogP contribution in [0.25, 0.3) is 0 Å². The molecule has 1 fully saturated rings. The summed E-state index contributed by atoms with van der Waals surface area (Å²) < 4.78 is 4.63. The number of halogens is 1. The minimum Gasteiger partial charge on any atom is -0.465 e. The first-order chi connectivity index (χ1) is 8.70. The van der Waals surface area contributed by atoms with E-state index in [0.29, 0.717) is 11.3 Å². The molecule has 1 aliphatic heterocycles. The molecule has 0 radical (unpaired) electrons. The number of anilines is 1. The number of carbonyl (C=O) groups is 2. The zero-order chi connectivity index (χ0) is 13.0. The van der Waals surface area contributed by atoms with E-state index in [1.807, 2.05) is 0 Å². The van der Waals surface area contributed by atoms with Gasteiger partial charge in [-0.25, -0.2) is 4.79 Å². The van der Waals surface area contributed by atoms with E-state index in [4.69, 9.17) is 0 Å². The normalized spacial score (nSPS) is 17.4. The molecule has 0 saturated carbocycles. The summed E-state index contributed by atoms with van der Waals surface area (Å²) in [5, 5.41) is 5.87. The van der Waals surface area contributed by atoms with Crippen molar-refractivity contribution in [3.8, 4) is 0 Å². The Morgan fingerprint density at radius 1 is 1.47 bits per heavy atom. The first-order valence-electron chi connectivity index (χ1n) is 5.51. The smallest absolute Gasteiger partial charge is 0.337 e. The van der Waals surface area contributed by atoms with E-state index < -0.39 is 5.97 Å². The van der Waals surface area contributed by atoms with Gasteiger partial charge in [-0.3, -0.25) is 10.1 Å². The molecule has 0 aliphatic carbocycles. The van der Waals surface area contributed by atoms with Gasteiger partial charge in [0.25, 0.3) is 0 Å². The average Bonchev–Trinajstić information content (AvgIpc) is 2.92. The Kier molecular flexibility index (Phi) is 6.14. The molecule has 1 atom stereocenters. The van der Waals surface area contributed by atoms with Crippen molar-refractivity contribution in [1.29, 1.82) is 0 Å². The van der Waals surface area contributed by atoms with Gasteiger partial charge in [0.15, 0.2) is 0 Å². The molecule has 5 nitrogen and oxygen atoms in total. The third-order valence-electron chi connectivity index (χ3n) is 2.58. The van der Waals surface area contributed by atoms with E-state index in [1.165, 1.54) is 7.11 Å². The Bertz CT molecular complexity index is 464. The van der Waals surface area contributed by atoms with Crippen molar-refractivity contribution in [2.75, 3.05) is 24.1 Å². The zero-order valence-electron chi connectivity index (χ0n) is 10.3. The zero-order valence-corrected chi connectivity index (χ0v) is 12.0. The molecule has 0 aromatic heterocycles. The van der Waals surface area contributed by atoms with Gasteiger partial charge in [-0.05, 0) is 18.2 Å². The molecule has 1 unspecified atom stereocenters. The molecule has 104 valence electrons. The minimum absolute atomic E-state index is 0. The van der Waals surface area contributed by atoms with Crippen LogP contribution in [0, 0.1) is 0 Å².